The molecule has 0 bridgehead atoms. The molecule has 2 rings (SSSR count). The van der Waals surface area contributed by atoms with Crippen molar-refractivity contribution in [2.75, 3.05) is 0 Å². The molecule has 0 atom stereocenters. The first-order chi connectivity index (χ1) is 5.81. The van der Waals surface area contributed by atoms with Crippen molar-refractivity contribution in [1.82, 2.24) is 0 Å². The summed E-state index contributed by atoms with van der Waals surface area (Å²) in [6.07, 6.45) is 2.75. The molecule has 1 aliphatic carbocycles. The third kappa shape index (κ3) is 2.23. The Bertz CT molecular complexity index is 292. The van der Waals surface area contributed by atoms with Crippen molar-refractivity contribution in [2.45, 2.75) is 32.2 Å². The molecule has 0 heterocycles. The second-order valence-corrected chi connectivity index (χ2v) is 3.66. The lowest BCUT2D eigenvalue weighted by molar-refractivity contribution is 1.03. The van der Waals surface area contributed by atoms with E-state index in [2.05, 4.69) is 25.1 Å². The third-order valence-electron chi connectivity index (χ3n) is 2.64. The van der Waals surface area contributed by atoms with Gasteiger partial charge in [-0.2, -0.15) is 0 Å². The summed E-state index contributed by atoms with van der Waals surface area (Å²) >= 11 is 0. The highest BCUT2D eigenvalue weighted by molar-refractivity contribution is 5.85. The van der Waals surface area contributed by atoms with Gasteiger partial charge in [0.05, 0.1) is 0 Å². The number of nitrogens with two attached hydrogens (primary N) is 1. The van der Waals surface area contributed by atoms with Gasteiger partial charge in [-0.25, -0.2) is 0 Å². The fraction of sp³-hybridized carbons (Fsp3) is 0.455. The maximum absolute atomic E-state index is 5.59. The van der Waals surface area contributed by atoms with Gasteiger partial charge in [0.25, 0.3) is 0 Å². The van der Waals surface area contributed by atoms with E-state index in [4.69, 9.17) is 5.73 Å². The fourth-order valence-corrected chi connectivity index (χ4v) is 1.62. The van der Waals surface area contributed by atoms with Gasteiger partial charge in [0, 0.05) is 6.54 Å². The maximum Gasteiger partial charge on any atom is 0.0180 e. The zero-order valence-electron chi connectivity index (χ0n) is 7.92. The standard InChI is InChI=1S/C11H15N.ClH/c1-8-6-10(9-2-3-9)4-5-11(8)7-12;/h4-6,9H,2-3,7,12H2,1H3;1H. The molecular weight excluding hydrogens is 182 g/mol. The van der Waals surface area contributed by atoms with Crippen molar-refractivity contribution in [3.8, 4) is 0 Å². The van der Waals surface area contributed by atoms with E-state index >= 15 is 0 Å². The first kappa shape index (κ1) is 10.6. The number of halogens is 1. The highest BCUT2D eigenvalue weighted by atomic mass is 35.5. The molecule has 0 aromatic heterocycles. The summed E-state index contributed by atoms with van der Waals surface area (Å²) in [7, 11) is 0. The van der Waals surface area contributed by atoms with Crippen LogP contribution in [0.25, 0.3) is 0 Å². The molecule has 0 aliphatic heterocycles. The fourth-order valence-electron chi connectivity index (χ4n) is 1.62. The lowest BCUT2D eigenvalue weighted by atomic mass is 10.0. The average molecular weight is 198 g/mol. The topological polar surface area (TPSA) is 26.0 Å². The molecule has 1 aromatic carbocycles. The molecule has 1 nitrogen and oxygen atoms in total. The van der Waals surface area contributed by atoms with Crippen LogP contribution in [0.3, 0.4) is 0 Å². The van der Waals surface area contributed by atoms with Gasteiger partial charge in [-0.3, -0.25) is 0 Å². The Balaban J connectivity index is 0.000000845. The van der Waals surface area contributed by atoms with Crippen molar-refractivity contribution in [3.63, 3.8) is 0 Å². The summed E-state index contributed by atoms with van der Waals surface area (Å²) in [5, 5.41) is 0. The number of hydrogen-bond acceptors (Lipinski definition) is 1. The van der Waals surface area contributed by atoms with Gasteiger partial charge in [0.2, 0.25) is 0 Å². The van der Waals surface area contributed by atoms with E-state index < -0.39 is 0 Å². The molecule has 0 unspecified atom stereocenters. The number of hydrogen-bond donors (Lipinski definition) is 1. The van der Waals surface area contributed by atoms with Crippen molar-refractivity contribution < 1.29 is 0 Å². The summed E-state index contributed by atoms with van der Waals surface area (Å²) in [6, 6.07) is 6.69. The average Bonchev–Trinajstić information content (AvgIpc) is 2.86. The van der Waals surface area contributed by atoms with Crippen LogP contribution >= 0.6 is 12.4 Å². The molecule has 72 valence electrons. The molecule has 1 aliphatic rings. The molecule has 0 radical (unpaired) electrons. The zero-order chi connectivity index (χ0) is 8.55. The van der Waals surface area contributed by atoms with Gasteiger partial charge in [0.1, 0.15) is 0 Å². The second kappa shape index (κ2) is 4.12. The van der Waals surface area contributed by atoms with Gasteiger partial charge in [-0.15, -0.1) is 12.4 Å². The minimum absolute atomic E-state index is 0. The summed E-state index contributed by atoms with van der Waals surface area (Å²) in [5.41, 5.74) is 9.72. The van der Waals surface area contributed by atoms with Crippen LogP contribution in [0.2, 0.25) is 0 Å². The van der Waals surface area contributed by atoms with E-state index in [1.807, 2.05) is 0 Å². The monoisotopic (exact) mass is 197 g/mol. The Morgan fingerprint density at radius 3 is 2.54 bits per heavy atom. The highest BCUT2D eigenvalue weighted by Crippen LogP contribution is 2.40. The minimum atomic E-state index is 0. The van der Waals surface area contributed by atoms with E-state index in [-0.39, 0.29) is 12.4 Å². The Hall–Kier alpha value is -0.530. The lowest BCUT2D eigenvalue weighted by Gasteiger charge is -2.05. The summed E-state index contributed by atoms with van der Waals surface area (Å²) in [5.74, 6) is 0.857. The van der Waals surface area contributed by atoms with Crippen LogP contribution in [0.4, 0.5) is 0 Å². The quantitative estimate of drug-likeness (QED) is 0.776. The van der Waals surface area contributed by atoms with Crippen LogP contribution in [-0.2, 0) is 6.54 Å². The normalized spacial score (nSPS) is 15.2. The smallest absolute Gasteiger partial charge is 0.0180 e. The van der Waals surface area contributed by atoms with Crippen LogP contribution in [-0.4, -0.2) is 0 Å². The molecular formula is C11H16ClN. The highest BCUT2D eigenvalue weighted by Gasteiger charge is 2.23. The summed E-state index contributed by atoms with van der Waals surface area (Å²) in [4.78, 5) is 0. The van der Waals surface area contributed by atoms with Gasteiger partial charge >= 0.3 is 0 Å². The predicted molar refractivity (Wildman–Crippen MR) is 58.3 cm³/mol. The lowest BCUT2D eigenvalue weighted by Crippen LogP contribution is -1.99. The van der Waals surface area contributed by atoms with E-state index in [0.717, 1.165) is 5.92 Å². The molecule has 1 fully saturated rings. The van der Waals surface area contributed by atoms with Crippen LogP contribution in [0.5, 0.6) is 0 Å². The van der Waals surface area contributed by atoms with E-state index in [1.54, 1.807) is 0 Å². The predicted octanol–water partition coefficient (Wildman–Crippen LogP) is 2.75. The first-order valence-corrected chi connectivity index (χ1v) is 4.61. The Kier molecular flexibility index (Phi) is 3.34. The third-order valence-corrected chi connectivity index (χ3v) is 2.64. The molecule has 0 amide bonds. The van der Waals surface area contributed by atoms with E-state index in [0.29, 0.717) is 6.54 Å². The summed E-state index contributed by atoms with van der Waals surface area (Å²) < 4.78 is 0. The largest absolute Gasteiger partial charge is 0.326 e. The Labute approximate surface area is 85.7 Å². The SMILES string of the molecule is Cc1cc(C2CC2)ccc1CN.Cl. The Morgan fingerprint density at radius 1 is 1.38 bits per heavy atom. The number of aryl methyl sites for hydroxylation is 1. The van der Waals surface area contributed by atoms with Crippen molar-refractivity contribution in [1.29, 1.82) is 0 Å². The number of benzene rings is 1. The van der Waals surface area contributed by atoms with Gasteiger partial charge in [-0.05, 0) is 42.4 Å². The Morgan fingerprint density at radius 2 is 2.08 bits per heavy atom. The second-order valence-electron chi connectivity index (χ2n) is 3.66. The van der Waals surface area contributed by atoms with Crippen LogP contribution in [0.1, 0.15) is 35.4 Å². The maximum atomic E-state index is 5.59. The number of rotatable bonds is 2. The first-order valence-electron chi connectivity index (χ1n) is 4.61. The van der Waals surface area contributed by atoms with E-state index in [9.17, 15) is 0 Å². The van der Waals surface area contributed by atoms with Crippen molar-refractivity contribution in [3.05, 3.63) is 34.9 Å². The summed E-state index contributed by atoms with van der Waals surface area (Å²) in [6.45, 7) is 2.81. The van der Waals surface area contributed by atoms with Crippen molar-refractivity contribution >= 4 is 12.4 Å². The molecule has 2 N–H and O–H groups in total. The van der Waals surface area contributed by atoms with Gasteiger partial charge in [-0.1, -0.05) is 18.2 Å². The molecule has 1 saturated carbocycles. The van der Waals surface area contributed by atoms with Crippen LogP contribution < -0.4 is 5.73 Å². The molecule has 2 heteroatoms. The van der Waals surface area contributed by atoms with Crippen LogP contribution in [0.15, 0.2) is 18.2 Å². The molecule has 0 saturated heterocycles. The molecule has 0 spiro atoms. The van der Waals surface area contributed by atoms with Gasteiger partial charge in [0.15, 0.2) is 0 Å². The molecule has 13 heavy (non-hydrogen) atoms. The van der Waals surface area contributed by atoms with Gasteiger partial charge < -0.3 is 5.73 Å². The molecule has 1 aromatic rings. The van der Waals surface area contributed by atoms with E-state index in [1.165, 1.54) is 29.5 Å². The minimum Gasteiger partial charge on any atom is -0.326 e. The zero-order valence-corrected chi connectivity index (χ0v) is 8.73. The van der Waals surface area contributed by atoms with Crippen molar-refractivity contribution in [2.24, 2.45) is 5.73 Å². The van der Waals surface area contributed by atoms with Crippen LogP contribution in [0, 0.1) is 6.92 Å².